The summed E-state index contributed by atoms with van der Waals surface area (Å²) in [6.07, 6.45) is 8.07. The van der Waals surface area contributed by atoms with Crippen molar-refractivity contribution in [3.8, 4) is 17.4 Å². The van der Waals surface area contributed by atoms with E-state index in [1.54, 1.807) is 30.0 Å². The zero-order chi connectivity index (χ0) is 24.8. The monoisotopic (exact) mass is 517 g/mol. The van der Waals surface area contributed by atoms with Crippen LogP contribution in [0.4, 0.5) is 5.95 Å². The highest BCUT2D eigenvalue weighted by molar-refractivity contribution is 5.96. The summed E-state index contributed by atoms with van der Waals surface area (Å²) in [7, 11) is 1.58. The summed E-state index contributed by atoms with van der Waals surface area (Å²) in [6, 6.07) is 8.90. The van der Waals surface area contributed by atoms with Crippen molar-refractivity contribution in [2.24, 2.45) is 5.92 Å². The van der Waals surface area contributed by atoms with Gasteiger partial charge in [0.15, 0.2) is 6.54 Å². The van der Waals surface area contributed by atoms with Gasteiger partial charge in [-0.2, -0.15) is 0 Å². The van der Waals surface area contributed by atoms with E-state index in [0.717, 1.165) is 12.8 Å². The van der Waals surface area contributed by atoms with E-state index >= 15 is 0 Å². The maximum atomic E-state index is 13.2. The normalized spacial score (nSPS) is 14.0. The van der Waals surface area contributed by atoms with Gasteiger partial charge in [-0.1, -0.05) is 37.6 Å². The first-order valence-corrected chi connectivity index (χ1v) is 12.6. The van der Waals surface area contributed by atoms with Crippen molar-refractivity contribution in [1.29, 1.82) is 0 Å². The zero-order valence-corrected chi connectivity index (χ0v) is 22.0. The minimum atomic E-state index is -0.131. The van der Waals surface area contributed by atoms with Gasteiger partial charge in [0.2, 0.25) is 5.78 Å². The molecule has 1 fully saturated rings. The van der Waals surface area contributed by atoms with Crippen LogP contribution in [0.25, 0.3) is 5.65 Å². The molecule has 2 N–H and O–H groups in total. The highest BCUT2D eigenvalue weighted by atomic mass is 35.5. The minimum Gasteiger partial charge on any atom is -1.00 e. The molecular formula is C26H36ClN5O4. The van der Waals surface area contributed by atoms with Crippen LogP contribution < -0.4 is 37.0 Å². The van der Waals surface area contributed by atoms with E-state index < -0.39 is 0 Å². The number of aromatic nitrogens is 4. The van der Waals surface area contributed by atoms with Gasteiger partial charge in [0.25, 0.3) is 5.88 Å². The molecule has 1 saturated carbocycles. The van der Waals surface area contributed by atoms with Crippen molar-refractivity contribution in [2.75, 3.05) is 19.5 Å². The van der Waals surface area contributed by atoms with Crippen LogP contribution in [-0.4, -0.2) is 40.3 Å². The fraction of sp³-hybridized carbons (Fsp3) is 0.538. The minimum absolute atomic E-state index is 0. The summed E-state index contributed by atoms with van der Waals surface area (Å²) in [5, 5.41) is 8.79. The molecule has 36 heavy (non-hydrogen) atoms. The number of carbonyl (C=O) groups is 1. The second-order valence-corrected chi connectivity index (χ2v) is 9.15. The number of hydrogen-bond donors (Lipinski definition) is 1. The molecule has 10 heteroatoms. The Kier molecular flexibility index (Phi) is 9.75. The predicted molar refractivity (Wildman–Crippen MR) is 132 cm³/mol. The van der Waals surface area contributed by atoms with Crippen LogP contribution in [0.5, 0.6) is 17.4 Å². The van der Waals surface area contributed by atoms with Crippen LogP contribution in [0.1, 0.15) is 69.2 Å². The van der Waals surface area contributed by atoms with E-state index in [9.17, 15) is 4.79 Å². The van der Waals surface area contributed by atoms with Crippen LogP contribution in [0.15, 0.2) is 30.3 Å². The molecule has 9 nitrogen and oxygen atoms in total. The van der Waals surface area contributed by atoms with Crippen molar-refractivity contribution in [3.05, 3.63) is 35.9 Å². The fourth-order valence-corrected chi connectivity index (χ4v) is 4.52. The summed E-state index contributed by atoms with van der Waals surface area (Å²) in [5.74, 6) is 2.32. The summed E-state index contributed by atoms with van der Waals surface area (Å²) in [5.41, 5.74) is 7.20. The van der Waals surface area contributed by atoms with Crippen LogP contribution in [0, 0.1) is 5.92 Å². The molecule has 0 spiro atoms. The van der Waals surface area contributed by atoms with Gasteiger partial charge < -0.3 is 32.4 Å². The topological polar surface area (TPSA) is 105 Å². The Labute approximate surface area is 218 Å². The average Bonchev–Trinajstić information content (AvgIpc) is 3.20. The first-order chi connectivity index (χ1) is 17.0. The van der Waals surface area contributed by atoms with Crippen LogP contribution in [0.3, 0.4) is 0 Å². The summed E-state index contributed by atoms with van der Waals surface area (Å²) in [4.78, 5) is 13.2. The molecule has 0 bridgehead atoms. The highest BCUT2D eigenvalue weighted by Gasteiger charge is 2.24. The number of hydrogen-bond acceptors (Lipinski definition) is 7. The lowest BCUT2D eigenvalue weighted by molar-refractivity contribution is -0.714. The number of nitrogens with zero attached hydrogens (tertiary/aromatic N) is 4. The Balaban J connectivity index is 0.00000361. The molecule has 1 aliphatic carbocycles. The van der Waals surface area contributed by atoms with Crippen molar-refractivity contribution in [1.82, 2.24) is 14.7 Å². The molecule has 1 aliphatic rings. The van der Waals surface area contributed by atoms with Gasteiger partial charge in [0.1, 0.15) is 17.6 Å². The molecule has 2 heterocycles. The molecule has 0 aliphatic heterocycles. The van der Waals surface area contributed by atoms with Crippen molar-refractivity contribution >= 4 is 17.4 Å². The second kappa shape index (κ2) is 12.8. The van der Waals surface area contributed by atoms with Crippen molar-refractivity contribution in [2.45, 2.75) is 71.4 Å². The number of ketones is 1. The van der Waals surface area contributed by atoms with E-state index in [2.05, 4.69) is 24.0 Å². The average molecular weight is 518 g/mol. The largest absolute Gasteiger partial charge is 1.00 e. The van der Waals surface area contributed by atoms with E-state index in [1.165, 1.54) is 36.6 Å². The van der Waals surface area contributed by atoms with Gasteiger partial charge in [-0.25, -0.2) is 0 Å². The maximum absolute atomic E-state index is 13.2. The SMILES string of the molecule is CCC(CC)Oc1ccc2n(n1)c(N)n[n+]2CC(=O)c1cc(OC)cc(OCC2CCCCC2)c1.[Cl-]. The number of fused-ring (bicyclic) bond motifs is 1. The summed E-state index contributed by atoms with van der Waals surface area (Å²) < 4.78 is 20.5. The first-order valence-electron chi connectivity index (χ1n) is 12.6. The number of methoxy groups -OCH3 is 1. The Bertz CT molecular complexity index is 1160. The highest BCUT2D eigenvalue weighted by Crippen LogP contribution is 2.27. The van der Waals surface area contributed by atoms with E-state index in [0.29, 0.717) is 41.1 Å². The molecule has 0 unspecified atom stereocenters. The third kappa shape index (κ3) is 6.57. The molecular weight excluding hydrogens is 482 g/mol. The Morgan fingerprint density at radius 1 is 1.14 bits per heavy atom. The molecule has 0 saturated heterocycles. The molecule has 0 atom stereocenters. The lowest BCUT2D eigenvalue weighted by Gasteiger charge is -2.22. The Morgan fingerprint density at radius 3 is 2.56 bits per heavy atom. The number of ether oxygens (including phenoxy) is 3. The fourth-order valence-electron chi connectivity index (χ4n) is 4.52. The number of benzene rings is 1. The van der Waals surface area contributed by atoms with Gasteiger partial charge in [0, 0.05) is 23.8 Å². The quantitative estimate of drug-likeness (QED) is 0.299. The van der Waals surface area contributed by atoms with Gasteiger partial charge in [0.05, 0.1) is 13.7 Å². The first kappa shape index (κ1) is 27.5. The van der Waals surface area contributed by atoms with Gasteiger partial charge in [-0.15, -0.1) is 4.68 Å². The second-order valence-electron chi connectivity index (χ2n) is 9.15. The van der Waals surface area contributed by atoms with Crippen LogP contribution in [-0.2, 0) is 6.54 Å². The van der Waals surface area contributed by atoms with Gasteiger partial charge >= 0.3 is 11.6 Å². The molecule has 1 aromatic carbocycles. The molecule has 3 aromatic rings. The van der Waals surface area contributed by atoms with E-state index in [4.69, 9.17) is 19.9 Å². The number of halogens is 1. The number of carbonyl (C=O) groups excluding carboxylic acids is 1. The summed E-state index contributed by atoms with van der Waals surface area (Å²) >= 11 is 0. The molecule has 4 rings (SSSR count). The van der Waals surface area contributed by atoms with Gasteiger partial charge in [-0.3, -0.25) is 4.79 Å². The van der Waals surface area contributed by atoms with Crippen molar-refractivity contribution < 1.29 is 36.1 Å². The number of rotatable bonds is 11. The van der Waals surface area contributed by atoms with Crippen molar-refractivity contribution in [3.63, 3.8) is 0 Å². The molecule has 0 amide bonds. The third-order valence-electron chi connectivity index (χ3n) is 6.63. The van der Waals surface area contributed by atoms with Crippen LogP contribution >= 0.6 is 0 Å². The van der Waals surface area contributed by atoms with E-state index in [1.807, 2.05) is 12.1 Å². The Morgan fingerprint density at radius 2 is 1.86 bits per heavy atom. The Hall–Kier alpha value is -3.07. The maximum Gasteiger partial charge on any atom is 0.355 e. The zero-order valence-electron chi connectivity index (χ0n) is 21.3. The molecule has 196 valence electrons. The number of anilines is 1. The van der Waals surface area contributed by atoms with Crippen LogP contribution in [0.2, 0.25) is 0 Å². The number of nitrogen functional groups attached to an aromatic ring is 1. The lowest BCUT2D eigenvalue weighted by Crippen LogP contribution is -3.00. The predicted octanol–water partition coefficient (Wildman–Crippen LogP) is 1.02. The van der Waals surface area contributed by atoms with Gasteiger partial charge in [-0.05, 0) is 53.9 Å². The number of nitrogens with two attached hydrogens (primary N) is 1. The third-order valence-corrected chi connectivity index (χ3v) is 6.63. The molecule has 0 radical (unpaired) electrons. The molecule has 2 aromatic heterocycles. The lowest BCUT2D eigenvalue weighted by atomic mass is 9.90. The number of Topliss-reactive ketones (excluding diaryl/α,β-unsaturated/α-hetero) is 1. The summed E-state index contributed by atoms with van der Waals surface area (Å²) in [6.45, 7) is 4.81. The standard InChI is InChI=1S/C26H36N5O4.ClH/c1-4-20(5-2)35-24-11-12-25-30(29-26(27)31(25)28-24)16-23(32)19-13-21(33-3)15-22(14-19)34-17-18-9-7-6-8-10-18;/h11-15,18,20H,4-10,16-17H2,1-3H3,(H2,27,29);1H/q+1;/p-1. The van der Waals surface area contributed by atoms with E-state index in [-0.39, 0.29) is 36.8 Å². The smallest absolute Gasteiger partial charge is 0.355 e.